The molecule has 1 aromatic carbocycles. The minimum atomic E-state index is -5.05. The lowest BCUT2D eigenvalue weighted by molar-refractivity contribution is -0.138. The van der Waals surface area contributed by atoms with E-state index in [9.17, 15) is 31.1 Å². The van der Waals surface area contributed by atoms with Crippen LogP contribution in [0.25, 0.3) is 0 Å². The summed E-state index contributed by atoms with van der Waals surface area (Å²) in [4.78, 5) is 11.1. The number of hydrogen-bond donors (Lipinski definition) is 0. The fourth-order valence-electron chi connectivity index (χ4n) is 1.36. The van der Waals surface area contributed by atoms with Gasteiger partial charge in [0.05, 0.1) is 11.1 Å². The van der Waals surface area contributed by atoms with E-state index >= 15 is 0 Å². The first-order valence-electron chi connectivity index (χ1n) is 4.49. The number of hydrogen-bond acceptors (Lipinski definition) is 2. The smallest absolute Gasteiger partial charge is 0.417 e. The predicted molar refractivity (Wildman–Crippen MR) is 48.0 cm³/mol. The van der Waals surface area contributed by atoms with Gasteiger partial charge in [0, 0.05) is 6.07 Å². The monoisotopic (exact) mass is 272 g/mol. The topological polar surface area (TPSA) is 26.3 Å². The van der Waals surface area contributed by atoms with Crippen LogP contribution in [0, 0.1) is 5.82 Å². The summed E-state index contributed by atoms with van der Waals surface area (Å²) >= 11 is 0. The quantitative estimate of drug-likeness (QED) is 0.620. The van der Waals surface area contributed by atoms with Gasteiger partial charge in [0.25, 0.3) is 0 Å². The highest BCUT2D eigenvalue weighted by Gasteiger charge is 2.37. The Hall–Kier alpha value is -1.73. The Balaban J connectivity index is 3.51. The van der Waals surface area contributed by atoms with E-state index in [-0.39, 0.29) is 6.07 Å². The molecular weight excluding hydrogens is 266 g/mol. The molecule has 0 spiro atoms. The number of benzene rings is 1. The minimum absolute atomic E-state index is 0.0507. The van der Waals surface area contributed by atoms with Crippen LogP contribution in [0.15, 0.2) is 12.1 Å². The highest BCUT2D eigenvalue weighted by Crippen LogP contribution is 2.37. The van der Waals surface area contributed by atoms with Gasteiger partial charge in [-0.25, -0.2) is 4.39 Å². The van der Waals surface area contributed by atoms with Crippen molar-refractivity contribution in [3.63, 3.8) is 0 Å². The van der Waals surface area contributed by atoms with E-state index in [4.69, 9.17) is 0 Å². The summed E-state index contributed by atoms with van der Waals surface area (Å²) in [5.41, 5.74) is -2.77. The van der Waals surface area contributed by atoms with Crippen molar-refractivity contribution >= 4 is 5.78 Å². The van der Waals surface area contributed by atoms with Crippen LogP contribution >= 0.6 is 0 Å². The van der Waals surface area contributed by atoms with Crippen molar-refractivity contribution < 1.29 is 35.9 Å². The predicted octanol–water partition coefficient (Wildman–Crippen LogP) is 3.65. The number of rotatable bonds is 3. The van der Waals surface area contributed by atoms with Crippen molar-refractivity contribution in [1.29, 1.82) is 0 Å². The second-order valence-corrected chi connectivity index (χ2v) is 3.26. The first-order valence-corrected chi connectivity index (χ1v) is 4.49. The molecule has 1 aromatic rings. The van der Waals surface area contributed by atoms with Crippen LogP contribution in [0.1, 0.15) is 22.8 Å². The van der Waals surface area contributed by atoms with Crippen molar-refractivity contribution in [3.05, 3.63) is 29.1 Å². The Bertz CT molecular complexity index is 466. The zero-order valence-corrected chi connectivity index (χ0v) is 8.82. The second kappa shape index (κ2) is 4.87. The molecule has 0 saturated heterocycles. The summed E-state index contributed by atoms with van der Waals surface area (Å²) in [6.07, 6.45) is -5.05. The Morgan fingerprint density at radius 1 is 1.28 bits per heavy atom. The number of alkyl halides is 5. The van der Waals surface area contributed by atoms with Gasteiger partial charge in [0.2, 0.25) is 0 Å². The Morgan fingerprint density at radius 3 is 2.22 bits per heavy atom. The zero-order chi connectivity index (χ0) is 14.1. The summed E-state index contributed by atoms with van der Waals surface area (Å²) in [5, 5.41) is 0. The molecule has 0 aliphatic heterocycles. The van der Waals surface area contributed by atoms with Crippen LogP contribution in [0.5, 0.6) is 5.75 Å². The van der Waals surface area contributed by atoms with Crippen molar-refractivity contribution in [1.82, 2.24) is 0 Å². The van der Waals surface area contributed by atoms with Gasteiger partial charge in [0.1, 0.15) is 11.6 Å². The molecule has 8 heteroatoms. The van der Waals surface area contributed by atoms with Crippen LogP contribution in [0.2, 0.25) is 0 Å². The fourth-order valence-corrected chi connectivity index (χ4v) is 1.36. The van der Waals surface area contributed by atoms with Gasteiger partial charge in [-0.15, -0.1) is 0 Å². The molecule has 0 unspecified atom stereocenters. The van der Waals surface area contributed by atoms with E-state index < -0.39 is 41.3 Å². The molecule has 0 aliphatic carbocycles. The number of Topliss-reactive ketones (excluding diaryl/α,β-unsaturated/α-hetero) is 1. The van der Waals surface area contributed by atoms with Crippen LogP contribution in [0.4, 0.5) is 26.3 Å². The molecule has 100 valence electrons. The molecule has 0 N–H and O–H groups in total. The van der Waals surface area contributed by atoms with E-state index in [2.05, 4.69) is 4.74 Å². The first-order chi connectivity index (χ1) is 8.12. The lowest BCUT2D eigenvalue weighted by Crippen LogP contribution is -2.15. The van der Waals surface area contributed by atoms with Crippen molar-refractivity contribution in [2.24, 2.45) is 0 Å². The van der Waals surface area contributed by atoms with Gasteiger partial charge in [-0.1, -0.05) is 0 Å². The Morgan fingerprint density at radius 2 is 1.83 bits per heavy atom. The lowest BCUT2D eigenvalue weighted by Gasteiger charge is -2.15. The molecule has 0 atom stereocenters. The van der Waals surface area contributed by atoms with Gasteiger partial charge < -0.3 is 4.74 Å². The molecule has 1 rings (SSSR count). The first kappa shape index (κ1) is 14.3. The number of halogens is 6. The van der Waals surface area contributed by atoms with E-state index in [0.29, 0.717) is 6.07 Å². The van der Waals surface area contributed by atoms with Gasteiger partial charge >= 0.3 is 12.8 Å². The number of ether oxygens (including phenoxy) is 1. The minimum Gasteiger partial charge on any atom is -0.434 e. The summed E-state index contributed by atoms with van der Waals surface area (Å²) < 4.78 is 78.3. The average Bonchev–Trinajstić information content (AvgIpc) is 2.13. The van der Waals surface area contributed by atoms with Crippen LogP contribution in [-0.2, 0) is 6.18 Å². The molecule has 0 heterocycles. The largest absolute Gasteiger partial charge is 0.434 e. The molecule has 0 fully saturated rings. The van der Waals surface area contributed by atoms with Crippen LogP contribution in [-0.4, -0.2) is 12.4 Å². The van der Waals surface area contributed by atoms with E-state index in [1.54, 1.807) is 0 Å². The number of carbonyl (C=O) groups excluding carboxylic acids is 1. The van der Waals surface area contributed by atoms with Crippen molar-refractivity contribution in [3.8, 4) is 5.75 Å². The molecule has 0 aliphatic rings. The number of carbonyl (C=O) groups is 1. The third-order valence-electron chi connectivity index (χ3n) is 1.94. The molecule has 0 amide bonds. The summed E-state index contributed by atoms with van der Waals surface area (Å²) in [6, 6.07) is 0.354. The van der Waals surface area contributed by atoms with Gasteiger partial charge in [-0.3, -0.25) is 4.79 Å². The summed E-state index contributed by atoms with van der Waals surface area (Å²) in [7, 11) is 0. The van der Waals surface area contributed by atoms with E-state index in [0.717, 1.165) is 6.92 Å². The van der Waals surface area contributed by atoms with Crippen LogP contribution in [0.3, 0.4) is 0 Å². The zero-order valence-electron chi connectivity index (χ0n) is 8.82. The summed E-state index contributed by atoms with van der Waals surface area (Å²) in [6.45, 7) is -2.73. The molecule has 0 saturated carbocycles. The van der Waals surface area contributed by atoms with Gasteiger partial charge in [-0.2, -0.15) is 22.0 Å². The van der Waals surface area contributed by atoms with Gasteiger partial charge in [0.15, 0.2) is 5.78 Å². The highest BCUT2D eigenvalue weighted by atomic mass is 19.4. The third kappa shape index (κ3) is 3.14. The lowest BCUT2D eigenvalue weighted by atomic mass is 10.0. The van der Waals surface area contributed by atoms with Crippen molar-refractivity contribution in [2.45, 2.75) is 19.7 Å². The SMILES string of the molecule is CC(=O)c1c(OC(F)F)cc(F)cc1C(F)(F)F. The van der Waals surface area contributed by atoms with E-state index in [1.807, 2.05) is 0 Å². The average molecular weight is 272 g/mol. The maximum absolute atomic E-state index is 12.9. The molecule has 2 nitrogen and oxygen atoms in total. The highest BCUT2D eigenvalue weighted by molar-refractivity contribution is 5.98. The molecule has 0 radical (unpaired) electrons. The maximum Gasteiger partial charge on any atom is 0.417 e. The molecule has 0 aromatic heterocycles. The van der Waals surface area contributed by atoms with Crippen LogP contribution < -0.4 is 4.74 Å². The molecular formula is C10H6F6O2. The third-order valence-corrected chi connectivity index (χ3v) is 1.94. The molecule has 0 bridgehead atoms. The fraction of sp³-hybridized carbons (Fsp3) is 0.300. The maximum atomic E-state index is 12.9. The Labute approximate surface area is 97.2 Å². The standard InChI is InChI=1S/C10H6F6O2/c1-4(17)8-6(10(14,15)16)2-5(11)3-7(8)18-9(12)13/h2-3,9H,1H3. The number of ketones is 1. The van der Waals surface area contributed by atoms with Crippen molar-refractivity contribution in [2.75, 3.05) is 0 Å². The Kier molecular flexibility index (Phi) is 3.88. The normalized spacial score (nSPS) is 11.8. The molecule has 18 heavy (non-hydrogen) atoms. The summed E-state index contributed by atoms with van der Waals surface area (Å²) in [5.74, 6) is -3.72. The van der Waals surface area contributed by atoms with E-state index in [1.165, 1.54) is 0 Å². The van der Waals surface area contributed by atoms with Gasteiger partial charge in [-0.05, 0) is 13.0 Å². The second-order valence-electron chi connectivity index (χ2n) is 3.26.